The van der Waals surface area contributed by atoms with Crippen LogP contribution in [0.15, 0.2) is 53.7 Å². The standard InChI is InChI=1S/C21H19FN2O4S/c1-12-18(20(25)26-2)19(13-3-5-14(22)6-4-13)23-21(29)24(12)15-7-8-16-17(11-15)28-10-9-27-16/h3-8,11,19H,9-10H2,1-2H3,(H,23,29)/t19-/m0/s1. The van der Waals surface area contributed by atoms with Gasteiger partial charge in [-0.05, 0) is 49.0 Å². The number of carbonyl (C=O) groups is 1. The fourth-order valence-corrected chi connectivity index (χ4v) is 3.86. The Morgan fingerprint density at radius 3 is 2.55 bits per heavy atom. The van der Waals surface area contributed by atoms with Gasteiger partial charge in [0.05, 0.1) is 24.4 Å². The lowest BCUT2D eigenvalue weighted by molar-refractivity contribution is -0.136. The molecule has 0 unspecified atom stereocenters. The Balaban J connectivity index is 1.80. The van der Waals surface area contributed by atoms with E-state index in [1.165, 1.54) is 19.2 Å². The van der Waals surface area contributed by atoms with E-state index in [2.05, 4.69) is 5.32 Å². The summed E-state index contributed by atoms with van der Waals surface area (Å²) in [7, 11) is 1.33. The summed E-state index contributed by atoms with van der Waals surface area (Å²) >= 11 is 5.60. The molecule has 29 heavy (non-hydrogen) atoms. The molecule has 0 saturated heterocycles. The average molecular weight is 414 g/mol. The number of allylic oxidation sites excluding steroid dienone is 1. The van der Waals surface area contributed by atoms with Gasteiger partial charge in [-0.25, -0.2) is 9.18 Å². The van der Waals surface area contributed by atoms with Crippen molar-refractivity contribution in [1.82, 2.24) is 5.32 Å². The van der Waals surface area contributed by atoms with Crippen LogP contribution in [0.2, 0.25) is 0 Å². The maximum Gasteiger partial charge on any atom is 0.337 e. The van der Waals surface area contributed by atoms with Crippen molar-refractivity contribution in [2.24, 2.45) is 0 Å². The highest BCUT2D eigenvalue weighted by atomic mass is 32.1. The number of methoxy groups -OCH3 is 1. The smallest absolute Gasteiger partial charge is 0.337 e. The van der Waals surface area contributed by atoms with Crippen molar-refractivity contribution in [2.75, 3.05) is 25.2 Å². The molecule has 1 N–H and O–H groups in total. The second-order valence-corrected chi connectivity index (χ2v) is 6.97. The van der Waals surface area contributed by atoms with E-state index in [0.717, 1.165) is 5.69 Å². The van der Waals surface area contributed by atoms with Crippen LogP contribution in [-0.4, -0.2) is 31.4 Å². The number of halogens is 1. The lowest BCUT2D eigenvalue weighted by Crippen LogP contribution is -2.48. The van der Waals surface area contributed by atoms with Crippen LogP contribution in [0.5, 0.6) is 11.5 Å². The molecule has 150 valence electrons. The molecule has 0 bridgehead atoms. The number of nitrogens with zero attached hydrogens (tertiary/aromatic N) is 1. The maximum atomic E-state index is 13.4. The topological polar surface area (TPSA) is 60.0 Å². The van der Waals surface area contributed by atoms with Gasteiger partial charge >= 0.3 is 5.97 Å². The monoisotopic (exact) mass is 414 g/mol. The Hall–Kier alpha value is -3.13. The van der Waals surface area contributed by atoms with Crippen LogP contribution < -0.4 is 19.7 Å². The number of hydrogen-bond donors (Lipinski definition) is 1. The molecule has 8 heteroatoms. The fraction of sp³-hybridized carbons (Fsp3) is 0.238. The van der Waals surface area contributed by atoms with Gasteiger partial charge in [-0.2, -0.15) is 0 Å². The Morgan fingerprint density at radius 2 is 1.86 bits per heavy atom. The number of esters is 1. The summed E-state index contributed by atoms with van der Waals surface area (Å²) in [4.78, 5) is 14.4. The highest BCUT2D eigenvalue weighted by Crippen LogP contribution is 2.38. The number of hydrogen-bond acceptors (Lipinski definition) is 5. The number of nitrogens with one attached hydrogen (secondary N) is 1. The molecule has 2 aromatic carbocycles. The molecule has 0 fully saturated rings. The molecule has 4 rings (SSSR count). The van der Waals surface area contributed by atoms with Crippen molar-refractivity contribution < 1.29 is 23.4 Å². The molecule has 0 saturated carbocycles. The van der Waals surface area contributed by atoms with Gasteiger partial charge in [-0.3, -0.25) is 4.90 Å². The van der Waals surface area contributed by atoms with Crippen LogP contribution in [0.3, 0.4) is 0 Å². The van der Waals surface area contributed by atoms with E-state index in [4.69, 9.17) is 26.4 Å². The van der Waals surface area contributed by atoms with E-state index in [-0.39, 0.29) is 5.82 Å². The molecule has 0 amide bonds. The van der Waals surface area contributed by atoms with E-state index in [9.17, 15) is 9.18 Å². The number of benzene rings is 2. The van der Waals surface area contributed by atoms with Crippen LogP contribution in [0.25, 0.3) is 0 Å². The minimum Gasteiger partial charge on any atom is -0.486 e. The molecule has 6 nitrogen and oxygen atoms in total. The third-order valence-electron chi connectivity index (χ3n) is 4.88. The number of carbonyl (C=O) groups excluding carboxylic acids is 1. The molecule has 0 spiro atoms. The van der Waals surface area contributed by atoms with Gasteiger partial charge < -0.3 is 19.5 Å². The fourth-order valence-electron chi connectivity index (χ4n) is 3.50. The van der Waals surface area contributed by atoms with Gasteiger partial charge in [0.15, 0.2) is 16.6 Å². The molecule has 1 atom stereocenters. The molecule has 2 aromatic rings. The van der Waals surface area contributed by atoms with Crippen molar-refractivity contribution in [2.45, 2.75) is 13.0 Å². The van der Waals surface area contributed by atoms with Crippen LogP contribution in [0, 0.1) is 5.82 Å². The molecule has 0 radical (unpaired) electrons. The van der Waals surface area contributed by atoms with Gasteiger partial charge in [-0.15, -0.1) is 0 Å². The second kappa shape index (κ2) is 7.71. The molecular formula is C21H19FN2O4S. The largest absolute Gasteiger partial charge is 0.486 e. The van der Waals surface area contributed by atoms with Gasteiger partial charge in [0.2, 0.25) is 0 Å². The van der Waals surface area contributed by atoms with Crippen molar-refractivity contribution in [3.8, 4) is 11.5 Å². The normalized spacial score (nSPS) is 18.4. The average Bonchev–Trinajstić information content (AvgIpc) is 2.73. The lowest BCUT2D eigenvalue weighted by Gasteiger charge is -2.37. The number of ether oxygens (including phenoxy) is 3. The van der Waals surface area contributed by atoms with E-state index < -0.39 is 12.0 Å². The summed E-state index contributed by atoms with van der Waals surface area (Å²) in [5.41, 5.74) is 2.44. The molecule has 0 aliphatic carbocycles. The van der Waals surface area contributed by atoms with E-state index >= 15 is 0 Å². The highest BCUT2D eigenvalue weighted by Gasteiger charge is 2.35. The van der Waals surface area contributed by atoms with Crippen molar-refractivity contribution in [3.05, 3.63) is 65.1 Å². The van der Waals surface area contributed by atoms with Crippen LogP contribution in [0.1, 0.15) is 18.5 Å². The van der Waals surface area contributed by atoms with Gasteiger partial charge in [-0.1, -0.05) is 12.1 Å². The summed E-state index contributed by atoms with van der Waals surface area (Å²) in [5, 5.41) is 3.58. The summed E-state index contributed by atoms with van der Waals surface area (Å²) in [5.74, 6) is 0.430. The second-order valence-electron chi connectivity index (χ2n) is 6.59. The van der Waals surface area contributed by atoms with Gasteiger partial charge in [0, 0.05) is 11.8 Å². The quantitative estimate of drug-likeness (QED) is 0.610. The van der Waals surface area contributed by atoms with Gasteiger partial charge in [0.1, 0.15) is 19.0 Å². The Kier molecular flexibility index (Phi) is 5.10. The summed E-state index contributed by atoms with van der Waals surface area (Å²) in [6.45, 7) is 2.77. The first-order chi connectivity index (χ1) is 14.0. The minimum atomic E-state index is -0.552. The molecule has 2 aliphatic heterocycles. The van der Waals surface area contributed by atoms with Crippen molar-refractivity contribution >= 4 is 29.0 Å². The Morgan fingerprint density at radius 1 is 1.17 bits per heavy atom. The zero-order valence-corrected chi connectivity index (χ0v) is 16.7. The first-order valence-electron chi connectivity index (χ1n) is 9.04. The Labute approximate surface area is 172 Å². The predicted octanol–water partition coefficient (Wildman–Crippen LogP) is 3.48. The predicted molar refractivity (Wildman–Crippen MR) is 110 cm³/mol. The summed E-state index contributed by atoms with van der Waals surface area (Å²) in [6, 6.07) is 10.8. The van der Waals surface area contributed by atoms with Crippen LogP contribution in [0.4, 0.5) is 10.1 Å². The minimum absolute atomic E-state index is 0.356. The van der Waals surface area contributed by atoms with E-state index in [1.807, 2.05) is 18.2 Å². The van der Waals surface area contributed by atoms with E-state index in [1.54, 1.807) is 24.0 Å². The molecule has 2 aliphatic rings. The lowest BCUT2D eigenvalue weighted by atomic mass is 9.94. The van der Waals surface area contributed by atoms with E-state index in [0.29, 0.717) is 46.7 Å². The number of rotatable bonds is 3. The van der Waals surface area contributed by atoms with Crippen molar-refractivity contribution in [1.29, 1.82) is 0 Å². The van der Waals surface area contributed by atoms with Crippen LogP contribution in [-0.2, 0) is 9.53 Å². The Bertz CT molecular complexity index is 1010. The highest BCUT2D eigenvalue weighted by molar-refractivity contribution is 7.80. The zero-order valence-electron chi connectivity index (χ0n) is 15.9. The zero-order chi connectivity index (χ0) is 20.5. The molecule has 2 heterocycles. The number of thiocarbonyl (C=S) groups is 1. The molecule has 0 aromatic heterocycles. The number of anilines is 1. The molecular weight excluding hydrogens is 395 g/mol. The van der Waals surface area contributed by atoms with Crippen molar-refractivity contribution in [3.63, 3.8) is 0 Å². The third-order valence-corrected chi connectivity index (χ3v) is 5.18. The first-order valence-corrected chi connectivity index (χ1v) is 9.45. The first kappa shape index (κ1) is 19.2. The SMILES string of the molecule is COC(=O)C1=C(C)N(c2ccc3c(c2)OCCO3)C(=S)N[C@H]1c1ccc(F)cc1. The summed E-state index contributed by atoms with van der Waals surface area (Å²) < 4.78 is 29.6. The maximum absolute atomic E-state index is 13.4. The van der Waals surface area contributed by atoms with Crippen LogP contribution >= 0.6 is 12.2 Å². The number of fused-ring (bicyclic) bond motifs is 1. The van der Waals surface area contributed by atoms with Gasteiger partial charge in [0.25, 0.3) is 0 Å². The summed E-state index contributed by atoms with van der Waals surface area (Å²) in [6.07, 6.45) is 0. The third kappa shape index (κ3) is 3.51.